The predicted molar refractivity (Wildman–Crippen MR) is 162 cm³/mol. The number of nitrogens with one attached hydrogen (secondary N) is 2. The fraction of sp³-hybridized carbons (Fsp3) is 0.625. The molecule has 4 rings (SSSR count). The molecular weight excluding hydrogens is 554 g/mol. The van der Waals surface area contributed by atoms with Gasteiger partial charge in [0.05, 0.1) is 26.3 Å². The Kier molecular flexibility index (Phi) is 10.6. The lowest BCUT2D eigenvalue weighted by atomic mass is 9.83. The van der Waals surface area contributed by atoms with Crippen molar-refractivity contribution in [3.63, 3.8) is 0 Å². The number of fused-ring (bicyclic) bond motifs is 1. The van der Waals surface area contributed by atoms with Crippen molar-refractivity contribution >= 4 is 28.9 Å². The normalized spacial score (nSPS) is 18.3. The van der Waals surface area contributed by atoms with E-state index in [-0.39, 0.29) is 29.3 Å². The third kappa shape index (κ3) is 8.00. The van der Waals surface area contributed by atoms with Gasteiger partial charge in [-0.05, 0) is 67.9 Å². The summed E-state index contributed by atoms with van der Waals surface area (Å²) in [5.41, 5.74) is 1.07. The molecule has 1 saturated heterocycles. The number of benzene rings is 1. The van der Waals surface area contributed by atoms with Gasteiger partial charge in [-0.25, -0.2) is 9.59 Å². The summed E-state index contributed by atoms with van der Waals surface area (Å²) in [6.07, 6.45) is 7.24. The number of pyridine rings is 1. The molecule has 2 amide bonds. The molecule has 1 aromatic heterocycles. The minimum atomic E-state index is -1.01. The third-order valence-electron chi connectivity index (χ3n) is 8.80. The van der Waals surface area contributed by atoms with E-state index in [1.54, 1.807) is 13.2 Å². The van der Waals surface area contributed by atoms with Gasteiger partial charge in [-0.1, -0.05) is 33.1 Å². The highest BCUT2D eigenvalue weighted by molar-refractivity contribution is 5.90. The molecule has 0 bridgehead atoms. The van der Waals surface area contributed by atoms with Crippen LogP contribution in [0.15, 0.2) is 23.0 Å². The molecule has 1 aromatic carbocycles. The maximum absolute atomic E-state index is 13.5. The molecule has 11 nitrogen and oxygen atoms in total. The van der Waals surface area contributed by atoms with Crippen molar-refractivity contribution in [1.82, 2.24) is 15.2 Å². The first-order chi connectivity index (χ1) is 20.5. The van der Waals surface area contributed by atoms with Crippen LogP contribution in [-0.2, 0) is 20.7 Å². The molecule has 2 aromatic rings. The number of methoxy groups -OCH3 is 2. The number of carbonyl (C=O) groups is 3. The van der Waals surface area contributed by atoms with Crippen molar-refractivity contribution < 1.29 is 33.7 Å². The monoisotopic (exact) mass is 599 g/mol. The second kappa shape index (κ2) is 14.1. The molecule has 1 aliphatic heterocycles. The topological polar surface area (TPSA) is 147 Å². The van der Waals surface area contributed by atoms with Crippen LogP contribution >= 0.6 is 0 Å². The number of aromatic amines is 1. The van der Waals surface area contributed by atoms with Crippen molar-refractivity contribution in [3.8, 4) is 11.6 Å². The largest absolute Gasteiger partial charge is 0.496 e. The molecule has 43 heavy (non-hydrogen) atoms. The van der Waals surface area contributed by atoms with Gasteiger partial charge in [0.25, 0.3) is 0 Å². The third-order valence-corrected chi connectivity index (χ3v) is 8.80. The summed E-state index contributed by atoms with van der Waals surface area (Å²) in [4.78, 5) is 55.3. The van der Waals surface area contributed by atoms with Gasteiger partial charge in [-0.3, -0.25) is 9.59 Å². The van der Waals surface area contributed by atoms with E-state index in [0.717, 1.165) is 50.5 Å². The number of ether oxygens (including phenoxy) is 3. The summed E-state index contributed by atoms with van der Waals surface area (Å²) in [5.74, 6) is -0.318. The molecule has 11 heteroatoms. The highest BCUT2D eigenvalue weighted by atomic mass is 16.5. The standard InChI is InChI=1S/C32H45N3O8/c1-32(2,14-8-12-21-16-22-23(17-26(21)41-3)33-27(42-4)18-25(22)36)19-43-31(40)34-28(20-10-6-5-7-11-20)29(37)35-15-9-13-24(35)30(38)39/h16-18,20,24,28H,5-15,19H2,1-4H3,(H,33,36)(H,34,40)(H,38,39)/t24?,28-/m0/s1. The first kappa shape index (κ1) is 32.2. The number of alkyl carbamates (subject to hydrolysis) is 1. The summed E-state index contributed by atoms with van der Waals surface area (Å²) in [5, 5.41) is 13.0. The van der Waals surface area contributed by atoms with Crippen LogP contribution in [0.4, 0.5) is 4.79 Å². The van der Waals surface area contributed by atoms with E-state index in [9.17, 15) is 24.3 Å². The number of amides is 2. The summed E-state index contributed by atoms with van der Waals surface area (Å²) >= 11 is 0. The number of carbonyl (C=O) groups excluding carboxylic acids is 2. The van der Waals surface area contributed by atoms with E-state index in [4.69, 9.17) is 14.2 Å². The number of H-pyrrole nitrogens is 1. The van der Waals surface area contributed by atoms with Crippen LogP contribution in [0.1, 0.15) is 77.2 Å². The number of aryl methyl sites for hydroxylation is 1. The average Bonchev–Trinajstić information content (AvgIpc) is 3.49. The quantitative estimate of drug-likeness (QED) is 0.320. The number of nitrogens with zero attached hydrogens (tertiary/aromatic N) is 1. The van der Waals surface area contributed by atoms with Crippen molar-refractivity contribution in [2.75, 3.05) is 27.4 Å². The predicted octanol–water partition coefficient (Wildman–Crippen LogP) is 4.64. The first-order valence-electron chi connectivity index (χ1n) is 15.3. The Balaban J connectivity index is 1.35. The van der Waals surface area contributed by atoms with E-state index < -0.39 is 24.1 Å². The fourth-order valence-corrected chi connectivity index (χ4v) is 6.37. The van der Waals surface area contributed by atoms with Gasteiger partial charge in [0.1, 0.15) is 17.8 Å². The van der Waals surface area contributed by atoms with Crippen LogP contribution in [0.25, 0.3) is 10.9 Å². The highest BCUT2D eigenvalue weighted by Gasteiger charge is 2.41. The van der Waals surface area contributed by atoms with Crippen molar-refractivity contribution in [2.45, 2.75) is 90.1 Å². The molecule has 2 fully saturated rings. The smallest absolute Gasteiger partial charge is 0.407 e. The number of carboxylic acids is 1. The molecule has 1 saturated carbocycles. The Morgan fingerprint density at radius 2 is 1.81 bits per heavy atom. The lowest BCUT2D eigenvalue weighted by Gasteiger charge is -2.34. The zero-order chi connectivity index (χ0) is 31.1. The summed E-state index contributed by atoms with van der Waals surface area (Å²) in [6.45, 7) is 4.56. The van der Waals surface area contributed by atoms with Crippen LogP contribution in [0, 0.1) is 11.3 Å². The molecule has 2 heterocycles. The molecule has 2 aliphatic rings. The Bertz CT molecular complexity index is 1360. The zero-order valence-electron chi connectivity index (χ0n) is 25.7. The second-order valence-electron chi connectivity index (χ2n) is 12.6. The maximum Gasteiger partial charge on any atom is 0.407 e. The summed E-state index contributed by atoms with van der Waals surface area (Å²) in [6, 6.07) is 3.43. The molecule has 2 atom stereocenters. The number of rotatable bonds is 12. The van der Waals surface area contributed by atoms with Gasteiger partial charge >= 0.3 is 12.1 Å². The van der Waals surface area contributed by atoms with E-state index in [1.165, 1.54) is 18.1 Å². The molecular formula is C32H45N3O8. The van der Waals surface area contributed by atoms with E-state index in [1.807, 2.05) is 19.9 Å². The lowest BCUT2D eigenvalue weighted by Crippen LogP contribution is -2.55. The van der Waals surface area contributed by atoms with Gasteiger partial charge < -0.3 is 34.5 Å². The minimum Gasteiger partial charge on any atom is -0.496 e. The van der Waals surface area contributed by atoms with Gasteiger partial charge in [0.2, 0.25) is 5.91 Å². The second-order valence-corrected chi connectivity index (χ2v) is 12.6. The Morgan fingerprint density at radius 3 is 2.49 bits per heavy atom. The molecule has 0 radical (unpaired) electrons. The summed E-state index contributed by atoms with van der Waals surface area (Å²) in [7, 11) is 3.09. The van der Waals surface area contributed by atoms with E-state index in [0.29, 0.717) is 48.3 Å². The number of carboxylic acid groups (broad SMARTS) is 1. The Hall–Kier alpha value is -3.76. The van der Waals surface area contributed by atoms with Crippen LogP contribution < -0.4 is 20.2 Å². The SMILES string of the molecule is COc1cc(=O)c2cc(CCCC(C)(C)COC(=O)N[C@H](C(=O)N3CCCC3C(=O)O)C3CCCCC3)c(OC)cc2[nH]1. The molecule has 3 N–H and O–H groups in total. The molecule has 1 unspecified atom stereocenters. The number of aliphatic carboxylic acids is 1. The first-order valence-corrected chi connectivity index (χ1v) is 15.3. The van der Waals surface area contributed by atoms with Crippen LogP contribution in [0.3, 0.4) is 0 Å². The Labute approximate surface area is 252 Å². The molecule has 236 valence electrons. The van der Waals surface area contributed by atoms with Crippen molar-refractivity contribution in [3.05, 3.63) is 34.0 Å². The zero-order valence-corrected chi connectivity index (χ0v) is 25.7. The Morgan fingerprint density at radius 1 is 1.07 bits per heavy atom. The van der Waals surface area contributed by atoms with Gasteiger partial charge in [0, 0.05) is 24.1 Å². The van der Waals surface area contributed by atoms with E-state index >= 15 is 0 Å². The summed E-state index contributed by atoms with van der Waals surface area (Å²) < 4.78 is 16.4. The van der Waals surface area contributed by atoms with E-state index in [2.05, 4.69) is 10.3 Å². The van der Waals surface area contributed by atoms with Gasteiger partial charge in [-0.15, -0.1) is 0 Å². The van der Waals surface area contributed by atoms with Gasteiger partial charge in [-0.2, -0.15) is 0 Å². The number of hydrogen-bond acceptors (Lipinski definition) is 7. The maximum atomic E-state index is 13.5. The fourth-order valence-electron chi connectivity index (χ4n) is 6.37. The van der Waals surface area contributed by atoms with Crippen LogP contribution in [0.5, 0.6) is 11.6 Å². The van der Waals surface area contributed by atoms with Crippen molar-refractivity contribution in [1.29, 1.82) is 0 Å². The number of likely N-dealkylation sites (tertiary alicyclic amines) is 1. The average molecular weight is 600 g/mol. The van der Waals surface area contributed by atoms with Crippen molar-refractivity contribution in [2.24, 2.45) is 11.3 Å². The molecule has 0 spiro atoms. The van der Waals surface area contributed by atoms with Crippen LogP contribution in [0.2, 0.25) is 0 Å². The highest BCUT2D eigenvalue weighted by Crippen LogP contribution is 2.31. The minimum absolute atomic E-state index is 0.0397. The lowest BCUT2D eigenvalue weighted by molar-refractivity contribution is -0.149. The molecule has 1 aliphatic carbocycles. The van der Waals surface area contributed by atoms with Gasteiger partial charge in [0.15, 0.2) is 11.3 Å². The number of hydrogen-bond donors (Lipinski definition) is 3. The number of aromatic nitrogens is 1. The van der Waals surface area contributed by atoms with Crippen LogP contribution in [-0.4, -0.2) is 72.4 Å².